The van der Waals surface area contributed by atoms with E-state index in [0.717, 1.165) is 5.69 Å². The van der Waals surface area contributed by atoms with Crippen molar-refractivity contribution >= 4 is 5.69 Å². The molecule has 0 fully saturated rings. The van der Waals surface area contributed by atoms with E-state index < -0.39 is 0 Å². The molecule has 0 atom stereocenters. The summed E-state index contributed by atoms with van der Waals surface area (Å²) in [6.07, 6.45) is 3.69. The van der Waals surface area contributed by atoms with Crippen LogP contribution in [0.15, 0.2) is 24.5 Å². The first-order chi connectivity index (χ1) is 4.33. The molecule has 1 aromatic rings. The first-order valence-electron chi connectivity index (χ1n) is 2.77. The molecule has 0 radical (unpaired) electrons. The fourth-order valence-electron chi connectivity index (χ4n) is 0.633. The molecule has 0 unspecified atom stereocenters. The minimum atomic E-state index is 0.756. The Morgan fingerprint density at radius 3 is 2.89 bits per heavy atom. The Hall–Kier alpha value is -1.25. The van der Waals surface area contributed by atoms with Gasteiger partial charge in [-0.3, -0.25) is 0 Å². The third kappa shape index (κ3) is 1.32. The van der Waals surface area contributed by atoms with Gasteiger partial charge >= 0.3 is 0 Å². The summed E-state index contributed by atoms with van der Waals surface area (Å²) in [5.74, 6) is 0. The molecule has 3 heteroatoms. The summed E-state index contributed by atoms with van der Waals surface area (Å²) < 4.78 is 1.79. The van der Waals surface area contributed by atoms with E-state index in [1.54, 1.807) is 10.9 Å². The average Bonchev–Trinajstić information content (AvgIpc) is 1.88. The van der Waals surface area contributed by atoms with Crippen LogP contribution in [0.2, 0.25) is 0 Å². The molecule has 0 bridgehead atoms. The lowest BCUT2D eigenvalue weighted by Gasteiger charge is -1.91. The highest BCUT2D eigenvalue weighted by atomic mass is 15.4. The smallest absolute Gasteiger partial charge is 0.222 e. The fourth-order valence-corrected chi connectivity index (χ4v) is 0.633. The van der Waals surface area contributed by atoms with E-state index in [4.69, 9.17) is 5.73 Å². The molecule has 0 spiro atoms. The van der Waals surface area contributed by atoms with Gasteiger partial charge in [0, 0.05) is 6.07 Å². The van der Waals surface area contributed by atoms with Gasteiger partial charge < -0.3 is 5.73 Å². The molecule has 3 N–H and O–H groups in total. The van der Waals surface area contributed by atoms with Crippen LogP contribution in [-0.2, 0) is 0 Å². The molecule has 0 aromatic carbocycles. The predicted molar refractivity (Wildman–Crippen MR) is 36.3 cm³/mol. The fraction of sp³-hybridized carbons (Fsp3) is 0.167. The largest absolute Gasteiger partial charge is 0.394 e. The molecule has 0 aliphatic heterocycles. The molecule has 9 heavy (non-hydrogen) atoms. The number of hydrogen-bond acceptors (Lipinski definition) is 2. The lowest BCUT2D eigenvalue weighted by atomic mass is 10.4. The van der Waals surface area contributed by atoms with Crippen molar-refractivity contribution in [1.82, 2.24) is 0 Å². The number of aromatic nitrogens is 1. The van der Waals surface area contributed by atoms with Gasteiger partial charge in [-0.25, -0.2) is 0 Å². The summed E-state index contributed by atoms with van der Waals surface area (Å²) in [7, 11) is 1.83. The summed E-state index contributed by atoms with van der Waals surface area (Å²) in [6, 6.07) is 3.72. The quantitative estimate of drug-likeness (QED) is 0.506. The maximum Gasteiger partial charge on any atom is 0.222 e. The number of rotatable bonds is 1. The van der Waals surface area contributed by atoms with Crippen LogP contribution in [0, 0.1) is 0 Å². The molecule has 0 amide bonds. The van der Waals surface area contributed by atoms with E-state index in [1.807, 2.05) is 25.4 Å². The number of hydrogen-bond donors (Lipinski definition) is 2. The molecule has 0 aliphatic rings. The van der Waals surface area contributed by atoms with Crippen LogP contribution in [-0.4, -0.2) is 7.05 Å². The minimum absolute atomic E-state index is 0.756. The molecular formula is C6H10N3+. The highest BCUT2D eigenvalue weighted by Gasteiger charge is 1.92. The number of anilines is 1. The van der Waals surface area contributed by atoms with E-state index >= 15 is 0 Å². The van der Waals surface area contributed by atoms with Crippen molar-refractivity contribution in [1.29, 1.82) is 0 Å². The number of nitrogens with one attached hydrogen (secondary N) is 1. The van der Waals surface area contributed by atoms with Gasteiger partial charge in [-0.05, 0) is 6.07 Å². The molecule has 3 nitrogen and oxygen atoms in total. The Labute approximate surface area is 54.1 Å². The predicted octanol–water partition coefficient (Wildman–Crippen LogP) is -0.270. The van der Waals surface area contributed by atoms with Crippen LogP contribution >= 0.6 is 0 Å². The summed E-state index contributed by atoms with van der Waals surface area (Å²) in [6.45, 7) is 0. The van der Waals surface area contributed by atoms with Gasteiger partial charge in [0.2, 0.25) is 6.20 Å². The van der Waals surface area contributed by atoms with Crippen molar-refractivity contribution in [2.75, 3.05) is 18.2 Å². The zero-order valence-electron chi connectivity index (χ0n) is 5.33. The van der Waals surface area contributed by atoms with Crippen molar-refractivity contribution in [3.05, 3.63) is 24.5 Å². The number of pyridine rings is 1. The molecule has 1 rings (SSSR count). The second kappa shape index (κ2) is 2.35. The van der Waals surface area contributed by atoms with Crippen LogP contribution in [0.1, 0.15) is 0 Å². The van der Waals surface area contributed by atoms with Gasteiger partial charge in [0.25, 0.3) is 0 Å². The van der Waals surface area contributed by atoms with Crippen molar-refractivity contribution < 1.29 is 4.68 Å². The zero-order chi connectivity index (χ0) is 6.69. The van der Waals surface area contributed by atoms with Crippen molar-refractivity contribution in [3.63, 3.8) is 0 Å². The molecule has 0 aliphatic carbocycles. The van der Waals surface area contributed by atoms with Gasteiger partial charge in [0.1, 0.15) is 0 Å². The van der Waals surface area contributed by atoms with Gasteiger partial charge in [-0.15, -0.1) is 0 Å². The second-order valence-corrected chi connectivity index (χ2v) is 1.77. The zero-order valence-corrected chi connectivity index (χ0v) is 5.33. The summed E-state index contributed by atoms with van der Waals surface area (Å²) in [5, 5.41) is 0. The highest BCUT2D eigenvalue weighted by Crippen LogP contribution is 1.90. The van der Waals surface area contributed by atoms with E-state index in [1.165, 1.54) is 0 Å². The van der Waals surface area contributed by atoms with Gasteiger partial charge in [0.15, 0.2) is 6.20 Å². The lowest BCUT2D eigenvalue weighted by Crippen LogP contribution is -2.41. The minimum Gasteiger partial charge on any atom is -0.394 e. The molecule has 48 valence electrons. The molecule has 1 aromatic heterocycles. The number of nitrogens with zero attached hydrogens (tertiary/aromatic N) is 1. The molecule has 0 saturated carbocycles. The van der Waals surface area contributed by atoms with E-state index in [9.17, 15) is 0 Å². The highest BCUT2D eigenvalue weighted by molar-refractivity contribution is 5.30. The van der Waals surface area contributed by atoms with Crippen LogP contribution in [0.5, 0.6) is 0 Å². The number of nitrogens with two attached hydrogens (primary N) is 1. The van der Waals surface area contributed by atoms with Crippen LogP contribution < -0.4 is 15.8 Å². The van der Waals surface area contributed by atoms with E-state index in [0.29, 0.717) is 0 Å². The molecule has 1 heterocycles. The van der Waals surface area contributed by atoms with Crippen LogP contribution in [0.25, 0.3) is 0 Å². The normalized spacial score (nSPS) is 9.00. The monoisotopic (exact) mass is 124 g/mol. The topological polar surface area (TPSA) is 41.9 Å². The Morgan fingerprint density at radius 2 is 2.44 bits per heavy atom. The van der Waals surface area contributed by atoms with Gasteiger partial charge in [-0.1, -0.05) is 4.68 Å². The average molecular weight is 124 g/mol. The standard InChI is InChI=1S/C6H10N3/c1-8-9-4-2-3-6(7)5-9/h2-5,8H,7H2,1H3/q+1. The Morgan fingerprint density at radius 1 is 1.67 bits per heavy atom. The van der Waals surface area contributed by atoms with Gasteiger partial charge in [-0.2, -0.15) is 5.43 Å². The van der Waals surface area contributed by atoms with Gasteiger partial charge in [0.05, 0.1) is 12.7 Å². The van der Waals surface area contributed by atoms with Crippen molar-refractivity contribution in [3.8, 4) is 0 Å². The first kappa shape index (κ1) is 5.88. The van der Waals surface area contributed by atoms with Crippen LogP contribution in [0.3, 0.4) is 0 Å². The third-order valence-electron chi connectivity index (χ3n) is 1.08. The van der Waals surface area contributed by atoms with Crippen molar-refractivity contribution in [2.24, 2.45) is 0 Å². The Balaban J connectivity index is 2.94. The summed E-state index contributed by atoms with van der Waals surface area (Å²) in [5.41, 5.74) is 9.13. The lowest BCUT2D eigenvalue weighted by molar-refractivity contribution is -0.646. The first-order valence-corrected chi connectivity index (χ1v) is 2.77. The third-order valence-corrected chi connectivity index (χ3v) is 1.08. The SMILES string of the molecule is CN[n+]1cccc(N)c1. The maximum absolute atomic E-state index is 5.47. The van der Waals surface area contributed by atoms with E-state index in [-0.39, 0.29) is 0 Å². The number of nitrogen functional groups attached to an aromatic ring is 1. The maximum atomic E-state index is 5.47. The molecule has 0 saturated heterocycles. The Kier molecular flexibility index (Phi) is 1.53. The van der Waals surface area contributed by atoms with Crippen LogP contribution in [0.4, 0.5) is 5.69 Å². The summed E-state index contributed by atoms with van der Waals surface area (Å²) >= 11 is 0. The van der Waals surface area contributed by atoms with E-state index in [2.05, 4.69) is 5.43 Å². The Bertz CT molecular complexity index is 197. The second-order valence-electron chi connectivity index (χ2n) is 1.77. The van der Waals surface area contributed by atoms with Crippen molar-refractivity contribution in [2.45, 2.75) is 0 Å². The summed E-state index contributed by atoms with van der Waals surface area (Å²) in [4.78, 5) is 0. The molecular weight excluding hydrogens is 114 g/mol.